The van der Waals surface area contributed by atoms with Crippen LogP contribution in [0.4, 0.5) is 22.7 Å². The quantitative estimate of drug-likeness (QED) is 0.0513. The number of ether oxygens (including phenoxy) is 1. The van der Waals surface area contributed by atoms with Crippen molar-refractivity contribution in [1.29, 1.82) is 0 Å². The number of nitrogens with zero attached hydrogens (tertiary/aromatic N) is 4. The van der Waals surface area contributed by atoms with Gasteiger partial charge in [-0.25, -0.2) is 0 Å². The first-order chi connectivity index (χ1) is 41.0. The van der Waals surface area contributed by atoms with Crippen LogP contribution in [0.25, 0.3) is 0 Å². The van der Waals surface area contributed by atoms with Crippen molar-refractivity contribution in [2.24, 2.45) is 0 Å². The minimum absolute atomic E-state index is 0. The highest BCUT2D eigenvalue weighted by molar-refractivity contribution is 6.04. The molecule has 8 heteroatoms. The van der Waals surface area contributed by atoms with Gasteiger partial charge < -0.3 is 67.6 Å². The Morgan fingerprint density at radius 1 is 0.471 bits per heavy atom. The molecule has 4 aromatic carbocycles. The van der Waals surface area contributed by atoms with E-state index in [4.69, 9.17) is 4.74 Å². The van der Waals surface area contributed by atoms with Crippen LogP contribution in [0.3, 0.4) is 0 Å². The van der Waals surface area contributed by atoms with E-state index in [0.29, 0.717) is 0 Å². The molecule has 10 rings (SSSR count). The average Bonchev–Trinajstić information content (AvgIpc) is 1.69. The lowest BCUT2D eigenvalue weighted by molar-refractivity contribution is -0.437. The van der Waals surface area contributed by atoms with Crippen LogP contribution in [0.2, 0.25) is 0 Å². The highest BCUT2D eigenvalue weighted by Crippen LogP contribution is 2.50. The van der Waals surface area contributed by atoms with E-state index in [-0.39, 0.29) is 76.2 Å². The summed E-state index contributed by atoms with van der Waals surface area (Å²) in [5, 5.41) is 9.81. The number of halogens is 2. The van der Waals surface area contributed by atoms with Crippen molar-refractivity contribution in [3.8, 4) is 0 Å². The number of methoxy groups -OCH3 is 1. The third kappa shape index (κ3) is 14.3. The molecule has 1 N–H and O–H groups in total. The molecule has 6 aliphatic rings. The molecule has 0 saturated heterocycles. The molecule has 2 aliphatic carbocycles. The Balaban J connectivity index is 0.000000243. The molecule has 6 nitrogen and oxygen atoms in total. The van der Waals surface area contributed by atoms with Crippen LogP contribution in [0, 0.1) is 0 Å². The first-order valence-electron chi connectivity index (χ1n) is 33.0. The predicted octanol–water partition coefficient (Wildman–Crippen LogP) is 13.3. The largest absolute Gasteiger partial charge is 1.00 e. The van der Waals surface area contributed by atoms with Gasteiger partial charge in [-0.2, -0.15) is 9.15 Å². The SMILES string of the molecule is CCCN1/C(=C/C=C2\CCCC(/C=C/C3=[N+](CCC)c4ccccc4C3(C)C)=C2CCCO)C(C)(C)c2ccccc21.CCCN1/C(=C/C=C2\CCCC(/C=C/C3=[N+](CCC)c4ccccc4C3(C)C)=C2CCCOC)C(C)(C)c2ccccc21.[I-].[I-]. The minimum Gasteiger partial charge on any atom is -1.00 e. The Morgan fingerprint density at radius 3 is 1.25 bits per heavy atom. The maximum Gasteiger partial charge on any atom is 0.209 e. The molecule has 0 atom stereocenters. The monoisotopic (exact) mass is 1390 g/mol. The van der Waals surface area contributed by atoms with Crippen LogP contribution >= 0.6 is 0 Å². The topological polar surface area (TPSA) is 42.0 Å². The van der Waals surface area contributed by atoms with Crippen LogP contribution in [-0.2, 0) is 26.4 Å². The van der Waals surface area contributed by atoms with Gasteiger partial charge in [-0.3, -0.25) is 0 Å². The van der Waals surface area contributed by atoms with Gasteiger partial charge in [0.25, 0.3) is 0 Å². The number of anilines is 2. The molecule has 0 fully saturated rings. The maximum absolute atomic E-state index is 9.81. The van der Waals surface area contributed by atoms with E-state index < -0.39 is 0 Å². The molecule has 0 amide bonds. The van der Waals surface area contributed by atoms with Crippen molar-refractivity contribution in [3.05, 3.63) is 213 Å². The van der Waals surface area contributed by atoms with Crippen LogP contribution < -0.4 is 57.8 Å². The normalized spacial score (nSPS) is 20.7. The van der Waals surface area contributed by atoms with E-state index in [1.165, 1.54) is 108 Å². The van der Waals surface area contributed by atoms with Gasteiger partial charge in [-0.05, 0) is 174 Å². The smallest absolute Gasteiger partial charge is 0.209 e. The van der Waals surface area contributed by atoms with Crippen LogP contribution in [0.5, 0.6) is 0 Å². The standard InChI is InChI=1S/C40H53N2O.C39H51N2O.2HI/c1-8-27-41-35-21-12-10-19-33(35)39(3,4)37(41)25-23-30-16-14-17-31(32(30)18-15-29-43-7)24-26-38-40(5,6)34-20-11-13-22-36(34)42(38)28-9-2;1-7-26-40-34-20-11-9-18-32(34)38(3,4)36(40)24-22-29-15-13-16-30(31(29)17-14-28-42)23-25-37-39(5,6)33-19-10-12-21-35(33)41(37)27-8-2;;/h10-13,19-26H,8-9,14-18,27-29H2,1-7H3;9-12,18-25,42H,7-8,13-17,26-28H2,1-6H3;2*1H/q2*+1;;/p-2. The second-order valence-corrected chi connectivity index (χ2v) is 26.7. The fourth-order valence-electron chi connectivity index (χ4n) is 15.1. The fraction of sp³-hybridized carbons (Fsp3) is 0.468. The van der Waals surface area contributed by atoms with Crippen molar-refractivity contribution in [3.63, 3.8) is 0 Å². The molecule has 0 radical (unpaired) electrons. The van der Waals surface area contributed by atoms with E-state index in [9.17, 15) is 5.11 Å². The number of hydrogen-bond acceptors (Lipinski definition) is 4. The first kappa shape index (κ1) is 69.6. The van der Waals surface area contributed by atoms with Gasteiger partial charge in [-0.1, -0.05) is 152 Å². The molecule has 0 aromatic heterocycles. The maximum atomic E-state index is 9.81. The van der Waals surface area contributed by atoms with Crippen LogP contribution in [0.15, 0.2) is 191 Å². The van der Waals surface area contributed by atoms with Gasteiger partial charge in [0.1, 0.15) is 13.1 Å². The summed E-state index contributed by atoms with van der Waals surface area (Å²) >= 11 is 0. The molecule has 0 saturated carbocycles. The molecule has 4 aromatic rings. The number of rotatable bonds is 21. The van der Waals surface area contributed by atoms with E-state index in [1.54, 1.807) is 0 Å². The summed E-state index contributed by atoms with van der Waals surface area (Å²) in [6.07, 6.45) is 34.6. The van der Waals surface area contributed by atoms with Crippen molar-refractivity contribution in [2.45, 2.75) is 195 Å². The van der Waals surface area contributed by atoms with Gasteiger partial charge in [0.15, 0.2) is 11.4 Å². The summed E-state index contributed by atoms with van der Waals surface area (Å²) in [5.41, 5.74) is 25.5. The lowest BCUT2D eigenvalue weighted by Gasteiger charge is -2.27. The Labute approximate surface area is 560 Å². The predicted molar refractivity (Wildman–Crippen MR) is 363 cm³/mol. The minimum atomic E-state index is -0.0301. The molecule has 87 heavy (non-hydrogen) atoms. The molecular weight excluding hydrogens is 1290 g/mol. The lowest BCUT2D eigenvalue weighted by Crippen LogP contribution is -3.00. The second-order valence-electron chi connectivity index (χ2n) is 26.7. The number of benzene rings is 4. The van der Waals surface area contributed by atoms with Crippen molar-refractivity contribution >= 4 is 34.2 Å². The number of aliphatic hydroxyl groups excluding tert-OH is 1. The highest BCUT2D eigenvalue weighted by atomic mass is 127. The van der Waals surface area contributed by atoms with E-state index in [1.807, 2.05) is 7.11 Å². The zero-order valence-corrected chi connectivity index (χ0v) is 59.7. The molecule has 0 spiro atoms. The Kier molecular flexibility index (Phi) is 24.6. The number of aliphatic hydroxyl groups is 1. The number of allylic oxidation sites excluding steroid dienone is 16. The number of hydrogen-bond donors (Lipinski definition) is 1. The van der Waals surface area contributed by atoms with E-state index >= 15 is 0 Å². The lowest BCUT2D eigenvalue weighted by atomic mass is 9.80. The zero-order valence-electron chi connectivity index (χ0n) is 55.4. The molecule has 466 valence electrons. The van der Waals surface area contributed by atoms with Gasteiger partial charge >= 0.3 is 0 Å². The Morgan fingerprint density at radius 2 is 0.862 bits per heavy atom. The summed E-state index contributed by atoms with van der Waals surface area (Å²) in [6, 6.07) is 35.8. The van der Waals surface area contributed by atoms with Crippen molar-refractivity contribution in [1.82, 2.24) is 0 Å². The zero-order chi connectivity index (χ0) is 60.5. The van der Waals surface area contributed by atoms with Crippen molar-refractivity contribution < 1.29 is 66.9 Å². The average molecular weight is 1400 g/mol. The van der Waals surface area contributed by atoms with E-state index in [0.717, 1.165) is 116 Å². The van der Waals surface area contributed by atoms with Crippen molar-refractivity contribution in [2.75, 3.05) is 56.3 Å². The fourth-order valence-corrected chi connectivity index (χ4v) is 15.1. The first-order valence-corrected chi connectivity index (χ1v) is 33.0. The molecule has 4 aliphatic heterocycles. The molecule has 0 unspecified atom stereocenters. The number of fused-ring (bicyclic) bond motifs is 4. The summed E-state index contributed by atoms with van der Waals surface area (Å²) < 4.78 is 10.6. The Hall–Kier alpha value is -4.88. The van der Waals surface area contributed by atoms with Gasteiger partial charge in [-0.15, -0.1) is 0 Å². The van der Waals surface area contributed by atoms with Crippen LogP contribution in [0.1, 0.15) is 195 Å². The van der Waals surface area contributed by atoms with Gasteiger partial charge in [0.2, 0.25) is 11.4 Å². The highest BCUT2D eigenvalue weighted by Gasteiger charge is 2.46. The summed E-state index contributed by atoms with van der Waals surface area (Å²) in [5.74, 6) is 0. The van der Waals surface area contributed by atoms with Gasteiger partial charge in [0.05, 0.1) is 10.8 Å². The Bertz CT molecular complexity index is 3400. The second kappa shape index (κ2) is 30.8. The van der Waals surface area contributed by atoms with Gasteiger partial charge in [0, 0.05) is 115 Å². The third-order valence-electron chi connectivity index (χ3n) is 19.5. The number of para-hydroxylation sites is 4. The molecule has 4 heterocycles. The summed E-state index contributed by atoms with van der Waals surface area (Å²) in [4.78, 5) is 5.09. The molecular formula is C79H104I2N4O2. The summed E-state index contributed by atoms with van der Waals surface area (Å²) in [6.45, 7) is 33.3. The van der Waals surface area contributed by atoms with Crippen LogP contribution in [-0.4, -0.2) is 72.2 Å². The van der Waals surface area contributed by atoms with E-state index in [2.05, 4.69) is 248 Å². The molecule has 0 bridgehead atoms. The third-order valence-corrected chi connectivity index (χ3v) is 19.5. The summed E-state index contributed by atoms with van der Waals surface area (Å²) in [7, 11) is 1.82.